The van der Waals surface area contributed by atoms with Crippen LogP contribution in [0.25, 0.3) is 0 Å². The van der Waals surface area contributed by atoms with Gasteiger partial charge in [-0.3, -0.25) is 4.79 Å². The molecule has 18 heavy (non-hydrogen) atoms. The van der Waals surface area contributed by atoms with E-state index in [9.17, 15) is 9.18 Å². The van der Waals surface area contributed by atoms with Crippen LogP contribution in [0, 0.1) is 11.7 Å². The molecule has 100 valence electrons. The molecule has 4 heteroatoms. The van der Waals surface area contributed by atoms with E-state index in [4.69, 9.17) is 5.73 Å². The van der Waals surface area contributed by atoms with Crippen molar-refractivity contribution in [1.82, 2.24) is 5.32 Å². The lowest BCUT2D eigenvalue weighted by molar-refractivity contribution is -0.125. The summed E-state index contributed by atoms with van der Waals surface area (Å²) in [6.45, 7) is 4.18. The maximum Gasteiger partial charge on any atom is 0.223 e. The van der Waals surface area contributed by atoms with Crippen LogP contribution in [-0.2, 0) is 11.2 Å². The Morgan fingerprint density at radius 1 is 1.44 bits per heavy atom. The highest BCUT2D eigenvalue weighted by Gasteiger charge is 2.14. The van der Waals surface area contributed by atoms with Gasteiger partial charge in [0.15, 0.2) is 0 Å². The largest absolute Gasteiger partial charge is 0.352 e. The summed E-state index contributed by atoms with van der Waals surface area (Å²) >= 11 is 0. The molecule has 1 rings (SSSR count). The van der Waals surface area contributed by atoms with Crippen LogP contribution in [0.5, 0.6) is 0 Å². The summed E-state index contributed by atoms with van der Waals surface area (Å²) in [4.78, 5) is 11.8. The number of amides is 1. The molecule has 0 aliphatic heterocycles. The molecule has 0 aromatic heterocycles. The quantitative estimate of drug-likeness (QED) is 0.812. The van der Waals surface area contributed by atoms with Crippen molar-refractivity contribution in [3.8, 4) is 0 Å². The first-order valence-corrected chi connectivity index (χ1v) is 6.27. The van der Waals surface area contributed by atoms with Crippen molar-refractivity contribution in [2.24, 2.45) is 11.7 Å². The molecule has 0 radical (unpaired) electrons. The summed E-state index contributed by atoms with van der Waals surface area (Å²) in [6.07, 6.45) is 1.40. The molecule has 0 heterocycles. The monoisotopic (exact) mass is 252 g/mol. The van der Waals surface area contributed by atoms with Gasteiger partial charge in [0, 0.05) is 18.5 Å². The Morgan fingerprint density at radius 2 is 2.17 bits per heavy atom. The molecule has 0 aliphatic rings. The molecule has 1 amide bonds. The van der Waals surface area contributed by atoms with E-state index in [-0.39, 0.29) is 23.7 Å². The molecular weight excluding hydrogens is 231 g/mol. The molecule has 3 nitrogen and oxygen atoms in total. The van der Waals surface area contributed by atoms with Gasteiger partial charge in [-0.25, -0.2) is 4.39 Å². The summed E-state index contributed by atoms with van der Waals surface area (Å²) in [6, 6.07) is 6.48. The second-order valence-corrected chi connectivity index (χ2v) is 4.71. The van der Waals surface area contributed by atoms with Gasteiger partial charge in [0.25, 0.3) is 0 Å². The van der Waals surface area contributed by atoms with E-state index >= 15 is 0 Å². The zero-order valence-corrected chi connectivity index (χ0v) is 10.9. The Labute approximate surface area is 108 Å². The van der Waals surface area contributed by atoms with Gasteiger partial charge in [-0.05, 0) is 37.5 Å². The maximum atomic E-state index is 13.0. The Morgan fingerprint density at radius 3 is 2.78 bits per heavy atom. The van der Waals surface area contributed by atoms with Crippen molar-refractivity contribution in [3.63, 3.8) is 0 Å². The third kappa shape index (κ3) is 4.84. The maximum absolute atomic E-state index is 13.0. The van der Waals surface area contributed by atoms with Crippen molar-refractivity contribution in [1.29, 1.82) is 0 Å². The zero-order chi connectivity index (χ0) is 13.5. The molecule has 0 fully saturated rings. The average molecular weight is 252 g/mol. The van der Waals surface area contributed by atoms with E-state index in [2.05, 4.69) is 5.32 Å². The van der Waals surface area contributed by atoms with Crippen molar-refractivity contribution >= 4 is 5.91 Å². The van der Waals surface area contributed by atoms with Crippen LogP contribution in [0.4, 0.5) is 4.39 Å². The molecule has 0 aliphatic carbocycles. The molecule has 1 aromatic carbocycles. The predicted molar refractivity (Wildman–Crippen MR) is 70.5 cm³/mol. The minimum atomic E-state index is -0.235. The third-order valence-electron chi connectivity index (χ3n) is 2.94. The lowest BCUT2D eigenvalue weighted by Crippen LogP contribution is -2.40. The number of rotatable bonds is 6. The Hall–Kier alpha value is -1.42. The minimum Gasteiger partial charge on any atom is -0.352 e. The van der Waals surface area contributed by atoms with E-state index in [1.807, 2.05) is 19.9 Å². The van der Waals surface area contributed by atoms with Gasteiger partial charge in [0.1, 0.15) is 5.82 Å². The smallest absolute Gasteiger partial charge is 0.223 e. The highest BCUT2D eigenvalue weighted by Crippen LogP contribution is 2.11. The van der Waals surface area contributed by atoms with Crippen LogP contribution < -0.4 is 11.1 Å². The van der Waals surface area contributed by atoms with Crippen LogP contribution in [0.2, 0.25) is 0 Å². The van der Waals surface area contributed by atoms with Gasteiger partial charge in [0.05, 0.1) is 0 Å². The zero-order valence-electron chi connectivity index (χ0n) is 10.9. The van der Waals surface area contributed by atoms with Crippen LogP contribution >= 0.6 is 0 Å². The number of hydrogen-bond donors (Lipinski definition) is 2. The van der Waals surface area contributed by atoms with Gasteiger partial charge in [-0.15, -0.1) is 0 Å². The number of hydrogen-bond acceptors (Lipinski definition) is 2. The number of nitrogens with one attached hydrogen (secondary N) is 1. The van der Waals surface area contributed by atoms with Crippen molar-refractivity contribution in [3.05, 3.63) is 35.6 Å². The van der Waals surface area contributed by atoms with Gasteiger partial charge in [-0.2, -0.15) is 0 Å². The fraction of sp³-hybridized carbons (Fsp3) is 0.500. The molecule has 0 saturated carbocycles. The number of aryl methyl sites for hydroxylation is 1. The van der Waals surface area contributed by atoms with Crippen LogP contribution in [0.15, 0.2) is 24.3 Å². The molecule has 2 atom stereocenters. The van der Waals surface area contributed by atoms with Crippen molar-refractivity contribution in [2.75, 3.05) is 6.54 Å². The number of nitrogens with two attached hydrogens (primary N) is 1. The van der Waals surface area contributed by atoms with E-state index in [0.29, 0.717) is 19.4 Å². The summed E-state index contributed by atoms with van der Waals surface area (Å²) in [5, 5.41) is 2.84. The lowest BCUT2D eigenvalue weighted by Gasteiger charge is -2.16. The Bertz CT molecular complexity index is 395. The number of carbonyl (C=O) groups excluding carboxylic acids is 1. The topological polar surface area (TPSA) is 55.1 Å². The minimum absolute atomic E-state index is 0.00403. The fourth-order valence-electron chi connectivity index (χ4n) is 1.65. The average Bonchev–Trinajstić information content (AvgIpc) is 2.35. The first-order valence-electron chi connectivity index (χ1n) is 6.27. The standard InChI is InChI=1S/C14H21FN2O/c1-10(14(18)17-11(2)9-16)6-7-12-4-3-5-13(15)8-12/h3-5,8,10-11H,6-7,9,16H2,1-2H3,(H,17,18)/t10?,11-/m0/s1. The lowest BCUT2D eigenvalue weighted by atomic mass is 10.00. The molecule has 1 aromatic rings. The van der Waals surface area contributed by atoms with Crippen LogP contribution in [0.3, 0.4) is 0 Å². The summed E-state index contributed by atoms with van der Waals surface area (Å²) in [7, 11) is 0. The Kier molecular flexibility index (Phi) is 5.78. The van der Waals surface area contributed by atoms with E-state index in [1.165, 1.54) is 12.1 Å². The summed E-state index contributed by atoms with van der Waals surface area (Å²) < 4.78 is 13.0. The third-order valence-corrected chi connectivity index (χ3v) is 2.94. The molecule has 0 bridgehead atoms. The van der Waals surface area contributed by atoms with Gasteiger partial charge >= 0.3 is 0 Å². The van der Waals surface area contributed by atoms with E-state index in [0.717, 1.165) is 5.56 Å². The van der Waals surface area contributed by atoms with Gasteiger partial charge in [-0.1, -0.05) is 19.1 Å². The molecule has 1 unspecified atom stereocenters. The Balaban J connectivity index is 2.41. The summed E-state index contributed by atoms with van der Waals surface area (Å²) in [5.41, 5.74) is 6.36. The van der Waals surface area contributed by atoms with Crippen LogP contribution in [-0.4, -0.2) is 18.5 Å². The molecule has 3 N–H and O–H groups in total. The normalized spacial score (nSPS) is 14.0. The van der Waals surface area contributed by atoms with Crippen molar-refractivity contribution in [2.45, 2.75) is 32.7 Å². The first kappa shape index (κ1) is 14.6. The fourth-order valence-corrected chi connectivity index (χ4v) is 1.65. The number of carbonyl (C=O) groups is 1. The highest BCUT2D eigenvalue weighted by molar-refractivity contribution is 5.78. The second kappa shape index (κ2) is 7.11. The predicted octanol–water partition coefficient (Wildman–Crippen LogP) is 1.86. The molecular formula is C14H21FN2O. The van der Waals surface area contributed by atoms with Gasteiger partial charge in [0.2, 0.25) is 5.91 Å². The number of benzene rings is 1. The van der Waals surface area contributed by atoms with E-state index in [1.54, 1.807) is 6.07 Å². The molecule has 0 saturated heterocycles. The second-order valence-electron chi connectivity index (χ2n) is 4.71. The van der Waals surface area contributed by atoms with Gasteiger partial charge < -0.3 is 11.1 Å². The van der Waals surface area contributed by atoms with E-state index < -0.39 is 0 Å². The van der Waals surface area contributed by atoms with Crippen LogP contribution in [0.1, 0.15) is 25.8 Å². The number of halogens is 1. The first-order chi connectivity index (χ1) is 8.52. The SMILES string of the molecule is CC(CCc1cccc(F)c1)C(=O)N[C@@H](C)CN. The molecule has 0 spiro atoms. The summed E-state index contributed by atoms with van der Waals surface area (Å²) in [5.74, 6) is -0.326. The van der Waals surface area contributed by atoms with Crippen molar-refractivity contribution < 1.29 is 9.18 Å². The highest BCUT2D eigenvalue weighted by atomic mass is 19.1.